The molecular formula is C18H19IN4. The van der Waals surface area contributed by atoms with Crippen LogP contribution in [-0.4, -0.2) is 5.96 Å². The highest BCUT2D eigenvalue weighted by atomic mass is 127. The Morgan fingerprint density at radius 2 is 2.00 bits per heavy atom. The van der Waals surface area contributed by atoms with Gasteiger partial charge in [0.05, 0.1) is 18.2 Å². The third-order valence-electron chi connectivity index (χ3n) is 3.86. The van der Waals surface area contributed by atoms with E-state index < -0.39 is 0 Å². The first-order valence-electron chi connectivity index (χ1n) is 7.42. The summed E-state index contributed by atoms with van der Waals surface area (Å²) in [4.78, 5) is 4.33. The summed E-state index contributed by atoms with van der Waals surface area (Å²) >= 11 is 0. The zero-order chi connectivity index (χ0) is 15.4. The zero-order valence-electron chi connectivity index (χ0n) is 12.7. The number of rotatable bonds is 3. The summed E-state index contributed by atoms with van der Waals surface area (Å²) in [5, 5.41) is 12.0. The summed E-state index contributed by atoms with van der Waals surface area (Å²) in [7, 11) is 0. The molecule has 118 valence electrons. The molecule has 0 amide bonds. The molecule has 1 aliphatic rings. The Kier molecular flexibility index (Phi) is 5.99. The molecule has 0 atom stereocenters. The van der Waals surface area contributed by atoms with Crippen LogP contribution in [0.25, 0.3) is 0 Å². The van der Waals surface area contributed by atoms with E-state index in [0.29, 0.717) is 18.1 Å². The van der Waals surface area contributed by atoms with Crippen molar-refractivity contribution >= 4 is 35.6 Å². The zero-order valence-corrected chi connectivity index (χ0v) is 15.1. The van der Waals surface area contributed by atoms with E-state index in [1.54, 1.807) is 6.07 Å². The molecule has 5 heteroatoms. The van der Waals surface area contributed by atoms with Crippen molar-refractivity contribution in [2.24, 2.45) is 10.7 Å². The van der Waals surface area contributed by atoms with E-state index in [-0.39, 0.29) is 24.0 Å². The molecule has 1 aliphatic carbocycles. The predicted molar refractivity (Wildman–Crippen MR) is 104 cm³/mol. The number of aryl methyl sites for hydroxylation is 2. The molecular weight excluding hydrogens is 399 g/mol. The number of halogens is 1. The molecule has 0 unspecified atom stereocenters. The molecule has 0 saturated carbocycles. The van der Waals surface area contributed by atoms with Crippen LogP contribution in [-0.2, 0) is 19.4 Å². The number of benzene rings is 2. The van der Waals surface area contributed by atoms with Crippen LogP contribution < -0.4 is 11.1 Å². The van der Waals surface area contributed by atoms with Gasteiger partial charge in [0.25, 0.3) is 0 Å². The van der Waals surface area contributed by atoms with Gasteiger partial charge < -0.3 is 11.1 Å². The fourth-order valence-corrected chi connectivity index (χ4v) is 2.75. The maximum Gasteiger partial charge on any atom is 0.193 e. The summed E-state index contributed by atoms with van der Waals surface area (Å²) in [6, 6.07) is 15.9. The highest BCUT2D eigenvalue weighted by molar-refractivity contribution is 14.0. The number of nitrogens with two attached hydrogens (primary N) is 1. The van der Waals surface area contributed by atoms with E-state index in [4.69, 9.17) is 11.0 Å². The largest absolute Gasteiger partial charge is 0.370 e. The molecule has 0 aliphatic heterocycles. The van der Waals surface area contributed by atoms with Gasteiger partial charge >= 0.3 is 0 Å². The van der Waals surface area contributed by atoms with Crippen molar-refractivity contribution in [2.45, 2.75) is 25.8 Å². The maximum absolute atomic E-state index is 8.89. The summed E-state index contributed by atoms with van der Waals surface area (Å²) in [6.45, 7) is 0.458. The van der Waals surface area contributed by atoms with Gasteiger partial charge in [0.15, 0.2) is 5.96 Å². The first kappa shape index (κ1) is 17.3. The lowest BCUT2D eigenvalue weighted by molar-refractivity contribution is 0.912. The van der Waals surface area contributed by atoms with E-state index in [1.807, 2.05) is 24.3 Å². The highest BCUT2D eigenvalue weighted by Crippen LogP contribution is 2.24. The molecule has 0 heterocycles. The van der Waals surface area contributed by atoms with Gasteiger partial charge in [-0.2, -0.15) is 5.26 Å². The van der Waals surface area contributed by atoms with Crippen molar-refractivity contribution in [3.05, 3.63) is 64.7 Å². The third-order valence-corrected chi connectivity index (χ3v) is 3.86. The van der Waals surface area contributed by atoms with Crippen LogP contribution in [0.3, 0.4) is 0 Å². The summed E-state index contributed by atoms with van der Waals surface area (Å²) in [5.41, 5.74) is 11.4. The van der Waals surface area contributed by atoms with Gasteiger partial charge in [-0.25, -0.2) is 4.99 Å². The molecule has 3 N–H and O–H groups in total. The average molecular weight is 418 g/mol. The molecule has 3 rings (SSSR count). The summed E-state index contributed by atoms with van der Waals surface area (Å²) in [5.74, 6) is 0.389. The highest BCUT2D eigenvalue weighted by Gasteiger charge is 2.10. The molecule has 0 spiro atoms. The molecule has 23 heavy (non-hydrogen) atoms. The number of guanidine groups is 1. The normalized spacial score (nSPS) is 12.9. The monoisotopic (exact) mass is 418 g/mol. The van der Waals surface area contributed by atoms with Crippen molar-refractivity contribution in [1.29, 1.82) is 5.26 Å². The van der Waals surface area contributed by atoms with Gasteiger partial charge in [0.2, 0.25) is 0 Å². The van der Waals surface area contributed by atoms with Crippen LogP contribution >= 0.6 is 24.0 Å². The van der Waals surface area contributed by atoms with Crippen molar-refractivity contribution in [1.82, 2.24) is 0 Å². The smallest absolute Gasteiger partial charge is 0.193 e. The Bertz CT molecular complexity index is 762. The number of nitriles is 1. The van der Waals surface area contributed by atoms with E-state index in [2.05, 4.69) is 28.5 Å². The van der Waals surface area contributed by atoms with Crippen LogP contribution in [0.5, 0.6) is 0 Å². The van der Waals surface area contributed by atoms with E-state index in [0.717, 1.165) is 17.7 Å². The molecule has 2 aromatic carbocycles. The Hall–Kier alpha value is -2.07. The van der Waals surface area contributed by atoms with Crippen LogP contribution in [0.4, 0.5) is 5.69 Å². The molecule has 0 fully saturated rings. The second kappa shape index (κ2) is 7.97. The number of aliphatic imine (C=N–C) groups is 1. The molecule has 0 aromatic heterocycles. The SMILES string of the molecule is I.N#Cc1cccc(CN=C(N)Nc2ccc3c(c2)CCC3)c1. The fraction of sp³-hybridized carbons (Fsp3) is 0.222. The first-order valence-corrected chi connectivity index (χ1v) is 7.42. The third kappa shape index (κ3) is 4.45. The number of nitrogens with one attached hydrogen (secondary N) is 1. The Balaban J connectivity index is 0.00000192. The standard InChI is InChI=1S/C18H18N4.HI/c19-11-13-3-1-4-14(9-13)12-21-18(20)22-17-8-7-15-5-2-6-16(15)10-17;/h1,3-4,7-10H,2,5-6,12H2,(H3,20,21,22);1H. The Morgan fingerprint density at radius 1 is 1.17 bits per heavy atom. The minimum atomic E-state index is 0. The number of nitrogens with zero attached hydrogens (tertiary/aromatic N) is 2. The Labute approximate surface area is 153 Å². The second-order valence-corrected chi connectivity index (χ2v) is 5.48. The van der Waals surface area contributed by atoms with Crippen molar-refractivity contribution < 1.29 is 0 Å². The van der Waals surface area contributed by atoms with E-state index >= 15 is 0 Å². The fourth-order valence-electron chi connectivity index (χ4n) is 2.75. The lowest BCUT2D eigenvalue weighted by Gasteiger charge is -2.08. The van der Waals surface area contributed by atoms with Crippen LogP contribution in [0.1, 0.15) is 28.7 Å². The van der Waals surface area contributed by atoms with Gasteiger partial charge in [-0.1, -0.05) is 18.2 Å². The molecule has 0 radical (unpaired) electrons. The second-order valence-electron chi connectivity index (χ2n) is 5.48. The quantitative estimate of drug-likeness (QED) is 0.455. The van der Waals surface area contributed by atoms with Crippen molar-refractivity contribution in [3.8, 4) is 6.07 Å². The lowest BCUT2D eigenvalue weighted by atomic mass is 10.1. The summed E-state index contributed by atoms with van der Waals surface area (Å²) < 4.78 is 0. The van der Waals surface area contributed by atoms with E-state index in [1.165, 1.54) is 24.0 Å². The Morgan fingerprint density at radius 3 is 2.83 bits per heavy atom. The summed E-state index contributed by atoms with van der Waals surface area (Å²) in [6.07, 6.45) is 3.55. The lowest BCUT2D eigenvalue weighted by Crippen LogP contribution is -2.22. The van der Waals surface area contributed by atoms with Crippen molar-refractivity contribution in [3.63, 3.8) is 0 Å². The molecule has 0 bridgehead atoms. The van der Waals surface area contributed by atoms with Crippen molar-refractivity contribution in [2.75, 3.05) is 5.32 Å². The minimum Gasteiger partial charge on any atom is -0.370 e. The molecule has 4 nitrogen and oxygen atoms in total. The van der Waals surface area contributed by atoms with Gasteiger partial charge in [-0.3, -0.25) is 0 Å². The number of hydrogen-bond acceptors (Lipinski definition) is 2. The first-order chi connectivity index (χ1) is 10.7. The minimum absolute atomic E-state index is 0. The van der Waals surface area contributed by atoms with Gasteiger partial charge in [0.1, 0.15) is 0 Å². The number of hydrogen-bond donors (Lipinski definition) is 2. The molecule has 2 aromatic rings. The van der Waals surface area contributed by atoms with Gasteiger partial charge in [-0.15, -0.1) is 24.0 Å². The van der Waals surface area contributed by atoms with Gasteiger partial charge in [0, 0.05) is 5.69 Å². The topological polar surface area (TPSA) is 74.2 Å². The number of fused-ring (bicyclic) bond motifs is 1. The van der Waals surface area contributed by atoms with Crippen LogP contribution in [0.15, 0.2) is 47.5 Å². The predicted octanol–water partition coefficient (Wildman–Crippen LogP) is 3.59. The van der Waals surface area contributed by atoms with E-state index in [9.17, 15) is 0 Å². The van der Waals surface area contributed by atoms with Gasteiger partial charge in [-0.05, 0) is 60.2 Å². The molecule has 0 saturated heterocycles. The maximum atomic E-state index is 8.89. The van der Waals surface area contributed by atoms with Crippen LogP contribution in [0, 0.1) is 11.3 Å². The van der Waals surface area contributed by atoms with Crippen LogP contribution in [0.2, 0.25) is 0 Å². The average Bonchev–Trinajstić information content (AvgIpc) is 3.01. The number of anilines is 1.